The van der Waals surface area contributed by atoms with Crippen LogP contribution in [-0.4, -0.2) is 32.9 Å². The monoisotopic (exact) mass is 378 g/mol. The Morgan fingerprint density at radius 1 is 0.778 bits per heavy atom. The van der Waals surface area contributed by atoms with Crippen LogP contribution in [0.2, 0.25) is 5.02 Å². The average Bonchev–Trinajstić information content (AvgIpc) is 2.71. The molecule has 0 N–H and O–H groups in total. The number of halogens is 1. The molecule has 1 aliphatic rings. The Labute approximate surface area is 165 Å². The lowest BCUT2D eigenvalue weighted by atomic mass is 10.1. The Morgan fingerprint density at radius 2 is 1.33 bits per heavy atom. The number of hydrogen-bond acceptors (Lipinski definition) is 4. The topological polar surface area (TPSA) is 32.3 Å². The first kappa shape index (κ1) is 18.1. The molecule has 0 unspecified atom stereocenters. The molecule has 0 amide bonds. The molecule has 4 rings (SSSR count). The summed E-state index contributed by atoms with van der Waals surface area (Å²) in [6, 6.07) is 20.4. The average molecular weight is 379 g/mol. The number of aromatic nitrogens is 2. The van der Waals surface area contributed by atoms with Crippen LogP contribution in [0.1, 0.15) is 29.5 Å². The zero-order chi connectivity index (χ0) is 18.5. The van der Waals surface area contributed by atoms with E-state index in [0.29, 0.717) is 0 Å². The fourth-order valence-corrected chi connectivity index (χ4v) is 3.87. The third-order valence-electron chi connectivity index (χ3n) is 4.93. The van der Waals surface area contributed by atoms with Crippen LogP contribution < -0.4 is 0 Å². The van der Waals surface area contributed by atoms with Crippen molar-refractivity contribution < 1.29 is 0 Å². The molecule has 0 aliphatic carbocycles. The summed E-state index contributed by atoms with van der Waals surface area (Å²) in [6.07, 6.45) is 5.04. The highest BCUT2D eigenvalue weighted by molar-refractivity contribution is 6.30. The fraction of sp³-hybridized carbons (Fsp3) is 0.273. The number of rotatable bonds is 5. The largest absolute Gasteiger partial charge is 0.278 e. The third-order valence-corrected chi connectivity index (χ3v) is 5.18. The molecule has 0 atom stereocenters. The molecule has 27 heavy (non-hydrogen) atoms. The van der Waals surface area contributed by atoms with Gasteiger partial charge in [0.1, 0.15) is 0 Å². The standard InChI is InChI=1S/C22H23ClN4/c23-19-10-8-18(9-11-19)22-26(16-20-6-1-3-12-24-20)14-5-15-27(22)17-21-7-2-4-13-25-21/h1-4,6-13,22H,5,14-17H2. The van der Waals surface area contributed by atoms with Gasteiger partial charge in [0.15, 0.2) is 0 Å². The highest BCUT2D eigenvalue weighted by atomic mass is 35.5. The van der Waals surface area contributed by atoms with Crippen molar-refractivity contribution in [1.29, 1.82) is 0 Å². The maximum Gasteiger partial charge on any atom is 0.0893 e. The molecular weight excluding hydrogens is 356 g/mol. The van der Waals surface area contributed by atoms with Crippen molar-refractivity contribution in [1.82, 2.24) is 19.8 Å². The van der Waals surface area contributed by atoms with Crippen LogP contribution in [0.5, 0.6) is 0 Å². The van der Waals surface area contributed by atoms with E-state index in [9.17, 15) is 0 Å². The Hall–Kier alpha value is -2.27. The Morgan fingerprint density at radius 3 is 1.81 bits per heavy atom. The minimum absolute atomic E-state index is 0.181. The normalized spacial score (nSPS) is 16.5. The van der Waals surface area contributed by atoms with Gasteiger partial charge in [-0.2, -0.15) is 0 Å². The molecule has 138 valence electrons. The van der Waals surface area contributed by atoms with Crippen LogP contribution in [0.15, 0.2) is 73.1 Å². The van der Waals surface area contributed by atoms with E-state index in [1.807, 2.05) is 36.7 Å². The SMILES string of the molecule is Clc1ccc(C2N(Cc3ccccn3)CCCN2Cc2ccccn2)cc1. The molecule has 0 bridgehead atoms. The Kier molecular flexibility index (Phi) is 5.78. The molecule has 0 spiro atoms. The van der Waals surface area contributed by atoms with Crippen molar-refractivity contribution in [3.63, 3.8) is 0 Å². The van der Waals surface area contributed by atoms with Gasteiger partial charge in [-0.05, 0) is 48.4 Å². The van der Waals surface area contributed by atoms with E-state index < -0.39 is 0 Å². The predicted octanol–water partition coefficient (Wildman–Crippen LogP) is 4.54. The van der Waals surface area contributed by atoms with Crippen molar-refractivity contribution in [3.8, 4) is 0 Å². The lowest BCUT2D eigenvalue weighted by Crippen LogP contribution is -2.47. The number of nitrogens with zero attached hydrogens (tertiary/aromatic N) is 4. The Bertz CT molecular complexity index is 790. The summed E-state index contributed by atoms with van der Waals surface area (Å²) >= 11 is 6.14. The highest BCUT2D eigenvalue weighted by Gasteiger charge is 2.31. The summed E-state index contributed by atoms with van der Waals surface area (Å²) in [5.74, 6) is 0. The van der Waals surface area contributed by atoms with Crippen LogP contribution in [0.4, 0.5) is 0 Å². The maximum atomic E-state index is 6.14. The summed E-state index contributed by atoms with van der Waals surface area (Å²) in [5, 5.41) is 0.766. The van der Waals surface area contributed by atoms with Crippen molar-refractivity contribution in [2.24, 2.45) is 0 Å². The number of hydrogen-bond donors (Lipinski definition) is 0. The van der Waals surface area contributed by atoms with Crippen molar-refractivity contribution >= 4 is 11.6 Å². The molecule has 2 aromatic heterocycles. The smallest absolute Gasteiger partial charge is 0.0893 e. The van der Waals surface area contributed by atoms with Crippen molar-refractivity contribution in [3.05, 3.63) is 95.0 Å². The van der Waals surface area contributed by atoms with E-state index in [1.165, 1.54) is 5.56 Å². The maximum absolute atomic E-state index is 6.14. The van der Waals surface area contributed by atoms with Gasteiger partial charge in [-0.1, -0.05) is 35.9 Å². The lowest BCUT2D eigenvalue weighted by molar-refractivity contribution is -0.0105. The van der Waals surface area contributed by atoms with E-state index in [-0.39, 0.29) is 6.17 Å². The van der Waals surface area contributed by atoms with Gasteiger partial charge in [-0.15, -0.1) is 0 Å². The first-order chi connectivity index (χ1) is 13.3. The molecule has 1 aliphatic heterocycles. The van der Waals surface area contributed by atoms with Crippen molar-refractivity contribution in [2.75, 3.05) is 13.1 Å². The molecule has 0 saturated carbocycles. The summed E-state index contributed by atoms with van der Waals surface area (Å²) in [5.41, 5.74) is 3.44. The minimum atomic E-state index is 0.181. The van der Waals surface area contributed by atoms with Gasteiger partial charge >= 0.3 is 0 Å². The van der Waals surface area contributed by atoms with Crippen LogP contribution in [0, 0.1) is 0 Å². The van der Waals surface area contributed by atoms with Gasteiger partial charge in [-0.25, -0.2) is 0 Å². The van der Waals surface area contributed by atoms with E-state index in [1.54, 1.807) is 0 Å². The summed E-state index contributed by atoms with van der Waals surface area (Å²) in [6.45, 7) is 3.74. The van der Waals surface area contributed by atoms with E-state index in [4.69, 9.17) is 11.6 Å². The second-order valence-corrected chi connectivity index (χ2v) is 7.30. The molecule has 0 radical (unpaired) electrons. The summed E-state index contributed by atoms with van der Waals surface area (Å²) in [4.78, 5) is 14.1. The fourth-order valence-electron chi connectivity index (χ4n) is 3.74. The van der Waals surface area contributed by atoms with Crippen LogP contribution in [0.25, 0.3) is 0 Å². The lowest BCUT2D eigenvalue weighted by Gasteiger charge is -2.44. The number of benzene rings is 1. The molecular formula is C22H23ClN4. The Balaban J connectivity index is 1.63. The number of pyridine rings is 2. The first-order valence-electron chi connectivity index (χ1n) is 9.33. The third kappa shape index (κ3) is 4.53. The van der Waals surface area contributed by atoms with E-state index in [2.05, 4.69) is 56.2 Å². The van der Waals surface area contributed by atoms with Crippen LogP contribution >= 0.6 is 11.6 Å². The van der Waals surface area contributed by atoms with Gasteiger partial charge in [0.2, 0.25) is 0 Å². The molecule has 3 aromatic rings. The molecule has 1 saturated heterocycles. The van der Waals surface area contributed by atoms with Gasteiger partial charge in [-0.3, -0.25) is 19.8 Å². The molecule has 1 aromatic carbocycles. The highest BCUT2D eigenvalue weighted by Crippen LogP contribution is 2.32. The van der Waals surface area contributed by atoms with E-state index >= 15 is 0 Å². The van der Waals surface area contributed by atoms with Crippen LogP contribution in [0.3, 0.4) is 0 Å². The summed E-state index contributed by atoms with van der Waals surface area (Å²) in [7, 11) is 0. The van der Waals surface area contributed by atoms with E-state index in [0.717, 1.165) is 49.0 Å². The second kappa shape index (κ2) is 8.61. The predicted molar refractivity (Wildman–Crippen MR) is 108 cm³/mol. The van der Waals surface area contributed by atoms with Gasteiger partial charge in [0.25, 0.3) is 0 Å². The second-order valence-electron chi connectivity index (χ2n) is 6.86. The molecule has 5 heteroatoms. The molecule has 1 fully saturated rings. The van der Waals surface area contributed by atoms with Crippen molar-refractivity contribution in [2.45, 2.75) is 25.7 Å². The van der Waals surface area contributed by atoms with Gasteiger partial charge < -0.3 is 0 Å². The van der Waals surface area contributed by atoms with Crippen LogP contribution in [-0.2, 0) is 13.1 Å². The first-order valence-corrected chi connectivity index (χ1v) is 9.71. The zero-order valence-electron chi connectivity index (χ0n) is 15.2. The minimum Gasteiger partial charge on any atom is -0.278 e. The quantitative estimate of drug-likeness (QED) is 0.652. The molecule has 4 nitrogen and oxygen atoms in total. The zero-order valence-corrected chi connectivity index (χ0v) is 16.0. The van der Waals surface area contributed by atoms with Gasteiger partial charge in [0, 0.05) is 43.6 Å². The molecule has 3 heterocycles. The van der Waals surface area contributed by atoms with Gasteiger partial charge in [0.05, 0.1) is 17.6 Å². The summed E-state index contributed by atoms with van der Waals surface area (Å²) < 4.78 is 0.